The lowest BCUT2D eigenvalue weighted by Crippen LogP contribution is -2.41. The predicted molar refractivity (Wildman–Crippen MR) is 212 cm³/mol. The number of fused-ring (bicyclic) bond motifs is 6. The van der Waals surface area contributed by atoms with E-state index in [0.717, 1.165) is 22.9 Å². The summed E-state index contributed by atoms with van der Waals surface area (Å²) < 4.78 is 125. The molecule has 2 N–H and O–H groups in total. The maximum absolute atomic E-state index is 14.5. The lowest BCUT2D eigenvalue weighted by atomic mass is 9.89. The van der Waals surface area contributed by atoms with Crippen LogP contribution in [-0.4, -0.2) is 72.6 Å². The SMILES string of the molecule is CC(C)(C)OC(=O)Cn1cc(-c2cc(F)cc3c2-c2ccccc2C3(O)C(F)(F)F)cn1.CCOC(=O)C(C=O)n1cc(-c2cc(F)cc3c2-c2ccccc2C3(O)C(F)(F)F)cn1. The molecule has 0 radical (unpaired) electrons. The van der Waals surface area contributed by atoms with Crippen LogP contribution in [0.1, 0.15) is 56.0 Å². The number of carbonyl (C=O) groups is 3. The highest BCUT2D eigenvalue weighted by atomic mass is 19.4. The molecule has 2 aliphatic carbocycles. The normalized spacial score (nSPS) is 17.9. The molecule has 19 heteroatoms. The number of aromatic nitrogens is 4. The van der Waals surface area contributed by atoms with Crippen LogP contribution in [0.3, 0.4) is 0 Å². The van der Waals surface area contributed by atoms with Crippen molar-refractivity contribution in [3.63, 3.8) is 0 Å². The molecule has 8 rings (SSSR count). The number of aliphatic hydroxyl groups is 2. The first-order valence-corrected chi connectivity index (χ1v) is 19.3. The Hall–Kier alpha value is -6.73. The van der Waals surface area contributed by atoms with Gasteiger partial charge in [0.15, 0.2) is 6.29 Å². The van der Waals surface area contributed by atoms with Crippen LogP contribution in [0.25, 0.3) is 44.5 Å². The summed E-state index contributed by atoms with van der Waals surface area (Å²) in [6.45, 7) is 6.51. The topological polar surface area (TPSA) is 146 Å². The number of carbonyl (C=O) groups excluding carboxylic acids is 3. The van der Waals surface area contributed by atoms with Gasteiger partial charge in [0, 0.05) is 45.8 Å². The van der Waals surface area contributed by atoms with E-state index in [1.807, 2.05) is 0 Å². The largest absolute Gasteiger partial charge is 0.464 e. The van der Waals surface area contributed by atoms with Gasteiger partial charge < -0.3 is 24.5 Å². The molecule has 6 aromatic rings. The Morgan fingerprint density at radius 2 is 1.19 bits per heavy atom. The predicted octanol–water partition coefficient (Wildman–Crippen LogP) is 8.58. The van der Waals surface area contributed by atoms with Gasteiger partial charge in [-0.05, 0) is 85.3 Å². The van der Waals surface area contributed by atoms with Crippen LogP contribution in [0.5, 0.6) is 0 Å². The zero-order chi connectivity index (χ0) is 46.7. The van der Waals surface area contributed by atoms with Crippen LogP contribution in [0.2, 0.25) is 0 Å². The maximum atomic E-state index is 14.5. The summed E-state index contributed by atoms with van der Waals surface area (Å²) in [6.07, 6.45) is -4.70. The van der Waals surface area contributed by atoms with E-state index < -0.39 is 75.5 Å². The van der Waals surface area contributed by atoms with E-state index in [2.05, 4.69) is 10.2 Å². The fourth-order valence-corrected chi connectivity index (χ4v) is 7.93. The van der Waals surface area contributed by atoms with Gasteiger partial charge in [-0.15, -0.1) is 0 Å². The number of hydrogen-bond donors (Lipinski definition) is 2. The van der Waals surface area contributed by atoms with Crippen molar-refractivity contribution in [1.29, 1.82) is 0 Å². The van der Waals surface area contributed by atoms with Gasteiger partial charge in [0.05, 0.1) is 19.0 Å². The lowest BCUT2D eigenvalue weighted by Gasteiger charge is -2.28. The van der Waals surface area contributed by atoms with Gasteiger partial charge in [-0.2, -0.15) is 36.5 Å². The second kappa shape index (κ2) is 16.1. The van der Waals surface area contributed by atoms with Gasteiger partial charge >= 0.3 is 24.3 Å². The fourth-order valence-electron chi connectivity index (χ4n) is 7.93. The zero-order valence-corrected chi connectivity index (χ0v) is 34.1. The van der Waals surface area contributed by atoms with Gasteiger partial charge in [0.25, 0.3) is 0 Å². The Balaban J connectivity index is 0.000000191. The summed E-state index contributed by atoms with van der Waals surface area (Å²) in [5, 5.41) is 29.6. The molecule has 0 amide bonds. The summed E-state index contributed by atoms with van der Waals surface area (Å²) in [4.78, 5) is 35.5. The standard InChI is InChI=1S/C23H20F4N2O3.C22H16F4N2O4/c1-21(2,3)32-19(30)12-29-11-13(10-28-29)16-8-14(24)9-18-20(16)15-6-4-5-7-17(15)22(18,31)23(25,26)27;1-2-32-20(30)18(11-29)28-10-12(9-27-28)15-7-13(23)8-17-19(15)14-5-3-4-6-16(14)21(17,31)22(24,25)26/h4-11,31H,12H2,1-3H3;3-11,18,31H,2H2,1H3. The maximum Gasteiger partial charge on any atom is 0.425 e. The molecule has 0 bridgehead atoms. The molecule has 3 atom stereocenters. The number of hydrogen-bond acceptors (Lipinski definition) is 9. The average Bonchev–Trinajstić information content (AvgIpc) is 3.99. The van der Waals surface area contributed by atoms with Crippen LogP contribution in [0.4, 0.5) is 35.1 Å². The van der Waals surface area contributed by atoms with E-state index in [9.17, 15) is 59.7 Å². The van der Waals surface area contributed by atoms with Crippen LogP contribution in [0.15, 0.2) is 97.6 Å². The molecule has 4 aromatic carbocycles. The third-order valence-corrected chi connectivity index (χ3v) is 10.5. The Kier molecular flexibility index (Phi) is 11.4. The van der Waals surface area contributed by atoms with Gasteiger partial charge in [0.2, 0.25) is 17.2 Å². The summed E-state index contributed by atoms with van der Waals surface area (Å²) in [5.41, 5.74) is -8.56. The van der Waals surface area contributed by atoms with Crippen molar-refractivity contribution in [1.82, 2.24) is 19.6 Å². The van der Waals surface area contributed by atoms with E-state index >= 15 is 0 Å². The molecule has 0 aliphatic heterocycles. The quantitative estimate of drug-likeness (QED) is 0.0664. The monoisotopic (exact) mass is 896 g/mol. The fraction of sp³-hybridized carbons (Fsp3) is 0.267. The molecule has 2 aliphatic rings. The van der Waals surface area contributed by atoms with Crippen molar-refractivity contribution in [3.05, 3.63) is 131 Å². The molecule has 0 saturated carbocycles. The summed E-state index contributed by atoms with van der Waals surface area (Å²) in [7, 11) is 0. The van der Waals surface area contributed by atoms with Crippen LogP contribution in [-0.2, 0) is 41.6 Å². The van der Waals surface area contributed by atoms with Crippen molar-refractivity contribution in [3.8, 4) is 44.5 Å². The second-order valence-corrected chi connectivity index (χ2v) is 15.8. The second-order valence-electron chi connectivity index (χ2n) is 15.8. The molecule has 3 unspecified atom stereocenters. The van der Waals surface area contributed by atoms with Crippen LogP contribution in [0, 0.1) is 11.6 Å². The van der Waals surface area contributed by atoms with E-state index in [4.69, 9.17) is 9.47 Å². The number of aldehydes is 1. The summed E-state index contributed by atoms with van der Waals surface area (Å²) in [5.74, 6) is -3.35. The highest BCUT2D eigenvalue weighted by Crippen LogP contribution is 2.59. The van der Waals surface area contributed by atoms with Crippen molar-refractivity contribution in [2.75, 3.05) is 6.61 Å². The number of rotatable bonds is 8. The van der Waals surface area contributed by atoms with E-state index in [0.29, 0.717) is 24.0 Å². The number of ether oxygens (including phenoxy) is 2. The van der Waals surface area contributed by atoms with Crippen molar-refractivity contribution >= 4 is 18.2 Å². The highest BCUT2D eigenvalue weighted by molar-refractivity contribution is 5.94. The number of halogens is 8. The first kappa shape index (κ1) is 45.3. The molecular weight excluding hydrogens is 860 g/mol. The zero-order valence-electron chi connectivity index (χ0n) is 34.1. The number of esters is 2. The van der Waals surface area contributed by atoms with Gasteiger partial charge in [-0.1, -0.05) is 48.5 Å². The van der Waals surface area contributed by atoms with Crippen molar-refractivity contribution < 1.29 is 69.2 Å². The molecule has 334 valence electrons. The molecule has 2 heterocycles. The Labute approximate surface area is 358 Å². The first-order valence-electron chi connectivity index (χ1n) is 19.3. The molecular formula is C45H36F8N4O7. The van der Waals surface area contributed by atoms with E-state index in [1.54, 1.807) is 33.8 Å². The molecule has 0 saturated heterocycles. The highest BCUT2D eigenvalue weighted by Gasteiger charge is 2.62. The minimum atomic E-state index is -5.11. The summed E-state index contributed by atoms with van der Waals surface area (Å²) in [6, 6.07) is 13.0. The first-order chi connectivity index (χ1) is 29.9. The van der Waals surface area contributed by atoms with Crippen molar-refractivity contribution in [2.24, 2.45) is 0 Å². The molecule has 0 fully saturated rings. The molecule has 2 aromatic heterocycles. The number of alkyl halides is 6. The summed E-state index contributed by atoms with van der Waals surface area (Å²) >= 11 is 0. The van der Waals surface area contributed by atoms with E-state index in [1.165, 1.54) is 65.9 Å². The van der Waals surface area contributed by atoms with Crippen LogP contribution >= 0.6 is 0 Å². The Morgan fingerprint density at radius 3 is 1.64 bits per heavy atom. The third-order valence-electron chi connectivity index (χ3n) is 10.5. The lowest BCUT2D eigenvalue weighted by molar-refractivity contribution is -0.247. The minimum absolute atomic E-state index is 0.0137. The number of benzene rings is 4. The smallest absolute Gasteiger partial charge is 0.425 e. The Morgan fingerprint density at radius 1 is 0.719 bits per heavy atom. The van der Waals surface area contributed by atoms with Gasteiger partial charge in [-0.25, -0.2) is 13.6 Å². The van der Waals surface area contributed by atoms with Gasteiger partial charge in [-0.3, -0.25) is 14.2 Å². The van der Waals surface area contributed by atoms with E-state index in [-0.39, 0.29) is 57.7 Å². The van der Waals surface area contributed by atoms with Crippen molar-refractivity contribution in [2.45, 2.75) is 69.4 Å². The van der Waals surface area contributed by atoms with Crippen LogP contribution < -0.4 is 0 Å². The Bertz CT molecular complexity index is 2810. The molecule has 64 heavy (non-hydrogen) atoms. The minimum Gasteiger partial charge on any atom is -0.464 e. The molecule has 11 nitrogen and oxygen atoms in total. The number of nitrogens with zero attached hydrogens (tertiary/aromatic N) is 4. The third kappa shape index (κ3) is 7.71. The molecule has 0 spiro atoms. The van der Waals surface area contributed by atoms with Gasteiger partial charge in [0.1, 0.15) is 23.8 Å². The average molecular weight is 897 g/mol.